The van der Waals surface area contributed by atoms with Crippen LogP contribution in [-0.2, 0) is 4.79 Å². The second-order valence-electron chi connectivity index (χ2n) is 5.49. The predicted molar refractivity (Wildman–Crippen MR) is 82.5 cm³/mol. The molecule has 1 fully saturated rings. The highest BCUT2D eigenvalue weighted by molar-refractivity contribution is 5.70. The van der Waals surface area contributed by atoms with Gasteiger partial charge in [0, 0.05) is 31.0 Å². The van der Waals surface area contributed by atoms with Crippen LogP contribution >= 0.6 is 0 Å². The van der Waals surface area contributed by atoms with Crippen LogP contribution in [0.1, 0.15) is 19.8 Å². The second-order valence-corrected chi connectivity index (χ2v) is 5.49. The molecule has 1 aliphatic heterocycles. The minimum absolute atomic E-state index is 0.195. The Morgan fingerprint density at radius 2 is 2.00 bits per heavy atom. The van der Waals surface area contributed by atoms with Crippen LogP contribution in [0.2, 0.25) is 0 Å². The smallest absolute Gasteiger partial charge is 0.308 e. The van der Waals surface area contributed by atoms with E-state index < -0.39 is 11.9 Å². The maximum Gasteiger partial charge on any atom is 0.308 e. The highest BCUT2D eigenvalue weighted by atomic mass is 16.4. The average Bonchev–Trinajstić information content (AvgIpc) is 3.01. The van der Waals surface area contributed by atoms with Crippen LogP contribution in [0, 0.1) is 17.2 Å². The molecule has 0 bridgehead atoms. The van der Waals surface area contributed by atoms with Crippen molar-refractivity contribution >= 4 is 17.3 Å². The number of benzene rings is 1. The lowest BCUT2D eigenvalue weighted by atomic mass is 10.1. The zero-order valence-electron chi connectivity index (χ0n) is 12.3. The number of carboxylic acid groups (broad SMARTS) is 1. The summed E-state index contributed by atoms with van der Waals surface area (Å²) < 4.78 is 0. The number of hydrogen-bond acceptors (Lipinski definition) is 4. The van der Waals surface area contributed by atoms with E-state index in [2.05, 4.69) is 23.1 Å². The Balaban J connectivity index is 2.09. The molecule has 0 spiro atoms. The van der Waals surface area contributed by atoms with Gasteiger partial charge in [-0.2, -0.15) is 5.26 Å². The SMILES string of the molecule is CC(CN(CC#N)c1ccc(N2CCCC2)cc1)C(=O)O. The van der Waals surface area contributed by atoms with E-state index in [1.807, 2.05) is 17.0 Å². The third-order valence-corrected chi connectivity index (χ3v) is 3.86. The summed E-state index contributed by atoms with van der Waals surface area (Å²) in [4.78, 5) is 15.1. The summed E-state index contributed by atoms with van der Waals surface area (Å²) in [7, 11) is 0. The van der Waals surface area contributed by atoms with Gasteiger partial charge in [-0.05, 0) is 37.1 Å². The number of nitriles is 1. The van der Waals surface area contributed by atoms with Crippen molar-refractivity contribution in [1.82, 2.24) is 0 Å². The molecule has 1 N–H and O–H groups in total. The molecule has 5 heteroatoms. The predicted octanol–water partition coefficient (Wildman–Crippen LogP) is 2.34. The Labute approximate surface area is 125 Å². The first kappa shape index (κ1) is 15.2. The highest BCUT2D eigenvalue weighted by Gasteiger charge is 2.17. The molecule has 1 aromatic rings. The second kappa shape index (κ2) is 6.98. The van der Waals surface area contributed by atoms with Crippen LogP contribution in [0.3, 0.4) is 0 Å². The molecule has 0 aliphatic carbocycles. The maximum absolute atomic E-state index is 11.0. The largest absolute Gasteiger partial charge is 0.481 e. The first-order valence-electron chi connectivity index (χ1n) is 7.31. The highest BCUT2D eigenvalue weighted by Crippen LogP contribution is 2.24. The molecule has 1 unspecified atom stereocenters. The summed E-state index contributed by atoms with van der Waals surface area (Å²) in [6.45, 7) is 4.38. The molecule has 5 nitrogen and oxygen atoms in total. The summed E-state index contributed by atoms with van der Waals surface area (Å²) in [6, 6.07) is 10.2. The third kappa shape index (κ3) is 3.88. The minimum atomic E-state index is -0.841. The minimum Gasteiger partial charge on any atom is -0.481 e. The van der Waals surface area contributed by atoms with E-state index in [0.29, 0.717) is 6.54 Å². The van der Waals surface area contributed by atoms with E-state index in [1.165, 1.54) is 18.5 Å². The van der Waals surface area contributed by atoms with Crippen molar-refractivity contribution < 1.29 is 9.90 Å². The van der Waals surface area contributed by atoms with Gasteiger partial charge in [-0.25, -0.2) is 0 Å². The van der Waals surface area contributed by atoms with E-state index in [0.717, 1.165) is 18.8 Å². The molecule has 0 aromatic heterocycles. The molecule has 1 atom stereocenters. The van der Waals surface area contributed by atoms with E-state index in [-0.39, 0.29) is 6.54 Å². The lowest BCUT2D eigenvalue weighted by molar-refractivity contribution is -0.140. The fourth-order valence-corrected chi connectivity index (χ4v) is 2.60. The van der Waals surface area contributed by atoms with Gasteiger partial charge in [0.05, 0.1) is 12.0 Å². The summed E-state index contributed by atoms with van der Waals surface area (Å²) >= 11 is 0. The van der Waals surface area contributed by atoms with Crippen LogP contribution < -0.4 is 9.80 Å². The number of aliphatic carboxylic acids is 1. The average molecular weight is 287 g/mol. The monoisotopic (exact) mass is 287 g/mol. The molecule has 1 aromatic carbocycles. The van der Waals surface area contributed by atoms with Gasteiger partial charge in [-0.15, -0.1) is 0 Å². The van der Waals surface area contributed by atoms with Gasteiger partial charge in [0.25, 0.3) is 0 Å². The number of carboxylic acids is 1. The molecule has 1 heterocycles. The molecule has 1 aliphatic rings. The molecular formula is C16H21N3O2. The van der Waals surface area contributed by atoms with Crippen LogP contribution in [0.25, 0.3) is 0 Å². The number of anilines is 2. The first-order chi connectivity index (χ1) is 10.1. The number of rotatable bonds is 6. The lowest BCUT2D eigenvalue weighted by Crippen LogP contribution is -2.32. The zero-order chi connectivity index (χ0) is 15.2. The maximum atomic E-state index is 11.0. The molecule has 0 saturated carbocycles. The van der Waals surface area contributed by atoms with Gasteiger partial charge in [0.2, 0.25) is 0 Å². The van der Waals surface area contributed by atoms with Gasteiger partial charge in [0.15, 0.2) is 0 Å². The molecule has 112 valence electrons. The quantitative estimate of drug-likeness (QED) is 0.813. The molecule has 0 amide bonds. The van der Waals surface area contributed by atoms with Crippen LogP contribution in [-0.4, -0.2) is 37.3 Å². The molecule has 0 radical (unpaired) electrons. The Kier molecular flexibility index (Phi) is 5.04. The van der Waals surface area contributed by atoms with Crippen LogP contribution in [0.4, 0.5) is 11.4 Å². The lowest BCUT2D eigenvalue weighted by Gasteiger charge is -2.25. The molecule has 21 heavy (non-hydrogen) atoms. The Hall–Kier alpha value is -2.22. The van der Waals surface area contributed by atoms with E-state index >= 15 is 0 Å². The normalized spacial score (nSPS) is 15.5. The molecule has 1 saturated heterocycles. The standard InChI is InChI=1S/C16H21N3O2/c1-13(16(20)21)12-19(11-8-17)15-6-4-14(5-7-15)18-9-2-3-10-18/h4-7,13H,2-3,9-12H2,1H3,(H,20,21). The van der Waals surface area contributed by atoms with Gasteiger partial charge >= 0.3 is 5.97 Å². The first-order valence-corrected chi connectivity index (χ1v) is 7.31. The van der Waals surface area contributed by atoms with Gasteiger partial charge in [-0.3, -0.25) is 4.79 Å². The van der Waals surface area contributed by atoms with E-state index in [4.69, 9.17) is 10.4 Å². The van der Waals surface area contributed by atoms with Crippen molar-refractivity contribution in [3.8, 4) is 6.07 Å². The fraction of sp³-hybridized carbons (Fsp3) is 0.500. The zero-order valence-corrected chi connectivity index (χ0v) is 12.3. The van der Waals surface area contributed by atoms with Crippen molar-refractivity contribution in [2.45, 2.75) is 19.8 Å². The van der Waals surface area contributed by atoms with Crippen molar-refractivity contribution in [3.05, 3.63) is 24.3 Å². The number of hydrogen-bond donors (Lipinski definition) is 1. The van der Waals surface area contributed by atoms with E-state index in [9.17, 15) is 4.79 Å². The Morgan fingerprint density at radius 3 is 2.52 bits per heavy atom. The molecular weight excluding hydrogens is 266 g/mol. The summed E-state index contributed by atoms with van der Waals surface area (Å²) in [5.74, 6) is -1.34. The summed E-state index contributed by atoms with van der Waals surface area (Å²) in [6.07, 6.45) is 2.47. The van der Waals surface area contributed by atoms with Crippen molar-refractivity contribution in [1.29, 1.82) is 5.26 Å². The number of nitrogens with zero attached hydrogens (tertiary/aromatic N) is 3. The van der Waals surface area contributed by atoms with Gasteiger partial charge < -0.3 is 14.9 Å². The van der Waals surface area contributed by atoms with Crippen LogP contribution in [0.15, 0.2) is 24.3 Å². The summed E-state index contributed by atoms with van der Waals surface area (Å²) in [5.41, 5.74) is 2.09. The molecule has 2 rings (SSSR count). The van der Waals surface area contributed by atoms with E-state index in [1.54, 1.807) is 6.92 Å². The summed E-state index contributed by atoms with van der Waals surface area (Å²) in [5, 5.41) is 17.9. The Morgan fingerprint density at radius 1 is 1.38 bits per heavy atom. The third-order valence-electron chi connectivity index (χ3n) is 3.86. The van der Waals surface area contributed by atoms with Crippen molar-refractivity contribution in [3.63, 3.8) is 0 Å². The van der Waals surface area contributed by atoms with Gasteiger partial charge in [-0.1, -0.05) is 6.92 Å². The van der Waals surface area contributed by atoms with Gasteiger partial charge in [0.1, 0.15) is 6.54 Å². The topological polar surface area (TPSA) is 67.6 Å². The Bertz CT molecular complexity index is 515. The fourth-order valence-electron chi connectivity index (χ4n) is 2.60. The number of carbonyl (C=O) groups is 1. The van der Waals surface area contributed by atoms with Crippen molar-refractivity contribution in [2.24, 2.45) is 5.92 Å². The van der Waals surface area contributed by atoms with Crippen molar-refractivity contribution in [2.75, 3.05) is 36.0 Å². The van der Waals surface area contributed by atoms with Crippen LogP contribution in [0.5, 0.6) is 0 Å².